The summed E-state index contributed by atoms with van der Waals surface area (Å²) in [7, 11) is 0. The van der Waals surface area contributed by atoms with Crippen molar-refractivity contribution in [3.8, 4) is 5.69 Å². The van der Waals surface area contributed by atoms with Gasteiger partial charge in [-0.3, -0.25) is 9.36 Å². The number of nitrogens with zero attached hydrogens (tertiary/aromatic N) is 2. The van der Waals surface area contributed by atoms with Gasteiger partial charge in [0.05, 0.1) is 0 Å². The van der Waals surface area contributed by atoms with E-state index < -0.39 is 0 Å². The average Bonchev–Trinajstić information content (AvgIpc) is 2.78. The fourth-order valence-corrected chi connectivity index (χ4v) is 3.13. The largest absolute Gasteiger partial charge is 0.359 e. The first kappa shape index (κ1) is 16.1. The molecule has 3 rings (SSSR count). The lowest BCUT2D eigenvalue weighted by atomic mass is 9.79. The predicted octanol–water partition coefficient (Wildman–Crippen LogP) is 4.86. The number of benzene rings is 1. The van der Waals surface area contributed by atoms with Crippen LogP contribution in [0.1, 0.15) is 26.7 Å². The van der Waals surface area contributed by atoms with Gasteiger partial charge in [0.25, 0.3) is 0 Å². The lowest BCUT2D eigenvalue weighted by Gasteiger charge is -2.29. The zero-order chi connectivity index (χ0) is 16.6. The van der Waals surface area contributed by atoms with E-state index in [9.17, 15) is 4.79 Å². The molecule has 120 valence electrons. The molecule has 4 nitrogen and oxygen atoms in total. The fraction of sp³-hybridized carbons (Fsp3) is 0.294. The molecular formula is C17H17Cl2N3O. The Balaban J connectivity index is 1.78. The number of ketones is 1. The van der Waals surface area contributed by atoms with E-state index in [1.807, 2.05) is 24.3 Å². The smallest absolute Gasteiger partial charge is 0.166 e. The van der Waals surface area contributed by atoms with Crippen molar-refractivity contribution in [2.75, 3.05) is 5.32 Å². The summed E-state index contributed by atoms with van der Waals surface area (Å²) in [4.78, 5) is 15.8. The average molecular weight is 350 g/mol. The van der Waals surface area contributed by atoms with Crippen molar-refractivity contribution < 1.29 is 4.79 Å². The molecule has 0 atom stereocenters. The summed E-state index contributed by atoms with van der Waals surface area (Å²) in [6.07, 6.45) is 4.73. The van der Waals surface area contributed by atoms with Gasteiger partial charge in [0, 0.05) is 29.6 Å². The number of carbonyl (C=O) groups excluding carboxylic acids is 1. The number of hydrogen-bond donors (Lipinski definition) is 1. The molecule has 1 aromatic heterocycles. The Bertz CT molecular complexity index is 776. The molecule has 0 radical (unpaired) electrons. The molecule has 23 heavy (non-hydrogen) atoms. The highest BCUT2D eigenvalue weighted by molar-refractivity contribution is 6.40. The monoisotopic (exact) mass is 349 g/mol. The van der Waals surface area contributed by atoms with Crippen molar-refractivity contribution in [1.29, 1.82) is 0 Å². The summed E-state index contributed by atoms with van der Waals surface area (Å²) < 4.78 is 1.71. The Morgan fingerprint density at radius 3 is 2.43 bits per heavy atom. The van der Waals surface area contributed by atoms with E-state index in [2.05, 4.69) is 24.1 Å². The first-order valence-electron chi connectivity index (χ1n) is 7.33. The number of anilines is 1. The molecule has 1 aliphatic carbocycles. The quantitative estimate of drug-likeness (QED) is 0.860. The highest BCUT2D eigenvalue weighted by atomic mass is 35.5. The number of halogens is 2. The van der Waals surface area contributed by atoms with Gasteiger partial charge in [0.15, 0.2) is 16.1 Å². The lowest BCUT2D eigenvalue weighted by Crippen LogP contribution is -2.24. The van der Waals surface area contributed by atoms with Crippen molar-refractivity contribution in [2.24, 2.45) is 5.41 Å². The number of nitrogens with one attached hydrogen (secondary N) is 1. The summed E-state index contributed by atoms with van der Waals surface area (Å²) >= 11 is 12.0. The van der Waals surface area contributed by atoms with Crippen molar-refractivity contribution in [2.45, 2.75) is 26.7 Å². The maximum absolute atomic E-state index is 11.8. The molecule has 0 saturated heterocycles. The second-order valence-electron chi connectivity index (χ2n) is 6.52. The topological polar surface area (TPSA) is 46.9 Å². The normalized spacial score (nSPS) is 17.0. The Labute approximate surface area is 145 Å². The van der Waals surface area contributed by atoms with Crippen molar-refractivity contribution in [3.63, 3.8) is 0 Å². The lowest BCUT2D eigenvalue weighted by molar-refractivity contribution is -0.117. The van der Waals surface area contributed by atoms with E-state index in [0.717, 1.165) is 23.5 Å². The van der Waals surface area contributed by atoms with Crippen molar-refractivity contribution >= 4 is 34.7 Å². The molecule has 0 aliphatic heterocycles. The Morgan fingerprint density at radius 1 is 1.17 bits per heavy atom. The minimum atomic E-state index is -0.00477. The zero-order valence-electron chi connectivity index (χ0n) is 12.9. The van der Waals surface area contributed by atoms with Gasteiger partial charge in [-0.2, -0.15) is 0 Å². The van der Waals surface area contributed by atoms with Gasteiger partial charge in [-0.25, -0.2) is 4.98 Å². The van der Waals surface area contributed by atoms with Crippen LogP contribution in [0, 0.1) is 5.41 Å². The van der Waals surface area contributed by atoms with Crippen LogP contribution in [0.4, 0.5) is 5.69 Å². The molecule has 0 fully saturated rings. The van der Waals surface area contributed by atoms with Crippen molar-refractivity contribution in [1.82, 2.24) is 9.55 Å². The van der Waals surface area contributed by atoms with E-state index in [1.165, 1.54) is 0 Å². The number of hydrogen-bond acceptors (Lipinski definition) is 3. The third-order valence-electron chi connectivity index (χ3n) is 3.78. The summed E-state index contributed by atoms with van der Waals surface area (Å²) in [6, 6.07) is 7.71. The van der Waals surface area contributed by atoms with Crippen LogP contribution < -0.4 is 5.32 Å². The zero-order valence-corrected chi connectivity index (χ0v) is 14.4. The predicted molar refractivity (Wildman–Crippen MR) is 93.3 cm³/mol. The molecule has 0 amide bonds. The van der Waals surface area contributed by atoms with Crippen LogP contribution in [-0.2, 0) is 4.79 Å². The summed E-state index contributed by atoms with van der Waals surface area (Å²) in [5, 5.41) is 3.99. The van der Waals surface area contributed by atoms with Crippen LogP contribution in [-0.4, -0.2) is 15.3 Å². The first-order valence-corrected chi connectivity index (χ1v) is 8.09. The third-order valence-corrected chi connectivity index (χ3v) is 4.51. The molecule has 1 aliphatic rings. The molecule has 0 bridgehead atoms. The Kier molecular flexibility index (Phi) is 4.21. The van der Waals surface area contributed by atoms with Gasteiger partial charge < -0.3 is 5.32 Å². The number of imidazole rings is 1. The maximum atomic E-state index is 11.8. The third kappa shape index (κ3) is 3.59. The highest BCUT2D eigenvalue weighted by Gasteiger charge is 2.27. The van der Waals surface area contributed by atoms with Gasteiger partial charge in [0.1, 0.15) is 6.33 Å². The van der Waals surface area contributed by atoms with Gasteiger partial charge in [-0.1, -0.05) is 37.0 Å². The van der Waals surface area contributed by atoms with Gasteiger partial charge in [-0.05, 0) is 36.1 Å². The van der Waals surface area contributed by atoms with E-state index in [1.54, 1.807) is 17.0 Å². The minimum absolute atomic E-state index is 0.00477. The van der Waals surface area contributed by atoms with Crippen LogP contribution in [0.25, 0.3) is 5.69 Å². The van der Waals surface area contributed by atoms with Crippen LogP contribution >= 0.6 is 23.2 Å². The number of rotatable bonds is 3. The highest BCUT2D eigenvalue weighted by Crippen LogP contribution is 2.34. The molecule has 1 heterocycles. The molecule has 2 aromatic rings. The molecule has 0 spiro atoms. The van der Waals surface area contributed by atoms with Crippen LogP contribution in [0.15, 0.2) is 42.4 Å². The first-order chi connectivity index (χ1) is 10.8. The van der Waals surface area contributed by atoms with Crippen LogP contribution in [0.2, 0.25) is 10.3 Å². The number of allylic oxidation sites excluding steroid dienone is 2. The molecule has 1 aromatic carbocycles. The van der Waals surface area contributed by atoms with Crippen LogP contribution in [0.3, 0.4) is 0 Å². The van der Waals surface area contributed by atoms with E-state index >= 15 is 0 Å². The second kappa shape index (κ2) is 6.02. The van der Waals surface area contributed by atoms with E-state index in [0.29, 0.717) is 11.6 Å². The van der Waals surface area contributed by atoms with Gasteiger partial charge in [0.2, 0.25) is 0 Å². The summed E-state index contributed by atoms with van der Waals surface area (Å²) in [6.45, 7) is 4.21. The van der Waals surface area contributed by atoms with Gasteiger partial charge >= 0.3 is 0 Å². The fourth-order valence-electron chi connectivity index (χ4n) is 2.81. The molecule has 0 unspecified atom stereocenters. The number of aromatic nitrogens is 2. The van der Waals surface area contributed by atoms with Gasteiger partial charge in [-0.15, -0.1) is 0 Å². The summed E-state index contributed by atoms with van der Waals surface area (Å²) in [5.41, 5.74) is 2.74. The number of carbonyl (C=O) groups is 1. The molecular weight excluding hydrogens is 333 g/mol. The van der Waals surface area contributed by atoms with E-state index in [4.69, 9.17) is 23.2 Å². The molecule has 0 saturated carbocycles. The molecule has 6 heteroatoms. The van der Waals surface area contributed by atoms with E-state index in [-0.39, 0.29) is 16.4 Å². The maximum Gasteiger partial charge on any atom is 0.166 e. The SMILES string of the molecule is CC1(C)CC(=O)C=C(Nc2ccc(-n3cnc(Cl)c3Cl)cc2)C1. The summed E-state index contributed by atoms with van der Waals surface area (Å²) in [5.74, 6) is 0.167. The second-order valence-corrected chi connectivity index (χ2v) is 7.24. The minimum Gasteiger partial charge on any atom is -0.359 e. The Hall–Kier alpha value is -1.78. The van der Waals surface area contributed by atoms with Crippen molar-refractivity contribution in [3.05, 3.63) is 52.7 Å². The molecule has 1 N–H and O–H groups in total. The standard InChI is InChI=1S/C17H17Cl2N3O/c1-17(2)8-12(7-14(23)9-17)21-11-3-5-13(6-4-11)22-10-20-15(18)16(22)19/h3-7,10,21H,8-9H2,1-2H3. The van der Waals surface area contributed by atoms with Crippen LogP contribution in [0.5, 0.6) is 0 Å². The Morgan fingerprint density at radius 2 is 1.87 bits per heavy atom.